The number of hydrogen-bond donors (Lipinski definition) is 0. The van der Waals surface area contributed by atoms with Gasteiger partial charge >= 0.3 is 0 Å². The molecule has 22 heavy (non-hydrogen) atoms. The van der Waals surface area contributed by atoms with Crippen molar-refractivity contribution in [2.45, 2.75) is 13.5 Å². The van der Waals surface area contributed by atoms with Crippen LogP contribution in [0.1, 0.15) is 21.5 Å². The van der Waals surface area contributed by atoms with Crippen molar-refractivity contribution in [1.82, 2.24) is 0 Å². The number of carbonyl (C=O) groups is 1. The average molecular weight is 323 g/mol. The highest BCUT2D eigenvalue weighted by atomic mass is 35.5. The van der Waals surface area contributed by atoms with Crippen molar-refractivity contribution in [3.8, 4) is 5.75 Å². The molecule has 2 rings (SSSR count). The zero-order chi connectivity index (χ0) is 16.1. The molecule has 2 aromatic carbocycles. The molecule has 3 nitrogen and oxygen atoms in total. The maximum Gasteiger partial charge on any atom is 0.188 e. The van der Waals surface area contributed by atoms with E-state index >= 15 is 0 Å². The fourth-order valence-electron chi connectivity index (χ4n) is 2.02. The smallest absolute Gasteiger partial charge is 0.188 e. The summed E-state index contributed by atoms with van der Waals surface area (Å²) in [4.78, 5) is 11.7. The Morgan fingerprint density at radius 2 is 2.05 bits per heavy atom. The molecular formula is C17H16ClFO3. The van der Waals surface area contributed by atoms with Crippen LogP contribution in [0.15, 0.2) is 36.4 Å². The maximum atomic E-state index is 13.7. The van der Waals surface area contributed by atoms with Crippen LogP contribution in [-0.2, 0) is 11.3 Å². The number of benzene rings is 2. The highest BCUT2D eigenvalue weighted by Crippen LogP contribution is 2.24. The summed E-state index contributed by atoms with van der Waals surface area (Å²) in [6.07, 6.45) is 0. The highest BCUT2D eigenvalue weighted by molar-refractivity contribution is 6.31. The van der Waals surface area contributed by atoms with Gasteiger partial charge in [0, 0.05) is 18.2 Å². The summed E-state index contributed by atoms with van der Waals surface area (Å²) in [6.45, 7) is 1.88. The first-order valence-electron chi connectivity index (χ1n) is 6.71. The highest BCUT2D eigenvalue weighted by Gasteiger charge is 2.11. The van der Waals surface area contributed by atoms with Gasteiger partial charge in [-0.3, -0.25) is 4.79 Å². The molecule has 0 heterocycles. The van der Waals surface area contributed by atoms with E-state index in [9.17, 15) is 9.18 Å². The number of aryl methyl sites for hydroxylation is 1. The van der Waals surface area contributed by atoms with Gasteiger partial charge in [-0.15, -0.1) is 0 Å². The van der Waals surface area contributed by atoms with Crippen molar-refractivity contribution in [3.63, 3.8) is 0 Å². The number of rotatable bonds is 6. The van der Waals surface area contributed by atoms with Crippen LogP contribution < -0.4 is 4.74 Å². The Morgan fingerprint density at radius 1 is 1.27 bits per heavy atom. The van der Waals surface area contributed by atoms with Crippen molar-refractivity contribution in [2.75, 3.05) is 13.7 Å². The number of methoxy groups -OCH3 is 1. The van der Waals surface area contributed by atoms with E-state index in [4.69, 9.17) is 21.1 Å². The molecule has 0 aliphatic carbocycles. The summed E-state index contributed by atoms with van der Waals surface area (Å²) < 4.78 is 24.1. The average Bonchev–Trinajstić information content (AvgIpc) is 2.48. The fraction of sp³-hybridized carbons (Fsp3) is 0.235. The van der Waals surface area contributed by atoms with Gasteiger partial charge in [-0.2, -0.15) is 0 Å². The molecule has 0 aromatic heterocycles. The van der Waals surface area contributed by atoms with E-state index in [0.29, 0.717) is 21.9 Å². The molecule has 5 heteroatoms. The number of ketones is 1. The molecule has 0 unspecified atom stereocenters. The lowest BCUT2D eigenvalue weighted by molar-refractivity contribution is 0.0848. The molecule has 0 radical (unpaired) electrons. The summed E-state index contributed by atoms with van der Waals surface area (Å²) in [5.41, 5.74) is 1.65. The quantitative estimate of drug-likeness (QED) is 0.748. The molecule has 0 aliphatic rings. The first-order chi connectivity index (χ1) is 10.5. The second kappa shape index (κ2) is 7.38. The van der Waals surface area contributed by atoms with E-state index in [2.05, 4.69) is 0 Å². The van der Waals surface area contributed by atoms with Crippen molar-refractivity contribution in [3.05, 3.63) is 63.9 Å². The van der Waals surface area contributed by atoms with Gasteiger partial charge in [-0.05, 0) is 42.8 Å². The van der Waals surface area contributed by atoms with Crippen LogP contribution in [0, 0.1) is 12.7 Å². The lowest BCUT2D eigenvalue weighted by Gasteiger charge is -2.12. The lowest BCUT2D eigenvalue weighted by atomic mass is 10.1. The third-order valence-electron chi connectivity index (χ3n) is 3.21. The lowest BCUT2D eigenvalue weighted by Crippen LogP contribution is -2.07. The van der Waals surface area contributed by atoms with Gasteiger partial charge in [0.05, 0.1) is 5.02 Å². The molecule has 2 aromatic rings. The molecule has 0 fully saturated rings. The van der Waals surface area contributed by atoms with Crippen LogP contribution in [0.4, 0.5) is 4.39 Å². The Hall–Kier alpha value is -1.91. The molecule has 0 N–H and O–H groups in total. The Bertz CT molecular complexity index is 665. The Kier molecular flexibility index (Phi) is 5.52. The van der Waals surface area contributed by atoms with Crippen LogP contribution in [0.3, 0.4) is 0 Å². The largest absolute Gasteiger partial charge is 0.488 e. The van der Waals surface area contributed by atoms with E-state index < -0.39 is 5.82 Å². The van der Waals surface area contributed by atoms with Gasteiger partial charge in [0.2, 0.25) is 0 Å². The van der Waals surface area contributed by atoms with Crippen LogP contribution >= 0.6 is 11.6 Å². The minimum Gasteiger partial charge on any atom is -0.488 e. The van der Waals surface area contributed by atoms with Crippen molar-refractivity contribution < 1.29 is 18.7 Å². The van der Waals surface area contributed by atoms with Gasteiger partial charge in [0.25, 0.3) is 0 Å². The molecule has 0 aliphatic heterocycles. The number of carbonyl (C=O) groups excluding carboxylic acids is 1. The third kappa shape index (κ3) is 3.84. The normalized spacial score (nSPS) is 10.5. The van der Waals surface area contributed by atoms with Crippen LogP contribution in [-0.4, -0.2) is 19.5 Å². The Labute approximate surface area is 133 Å². The SMILES string of the molecule is COCC(=O)c1ccc(OCc2c(F)cccc2Cl)c(C)c1. The first kappa shape index (κ1) is 16.5. The number of ether oxygens (including phenoxy) is 2. The van der Waals surface area contributed by atoms with Crippen LogP contribution in [0.5, 0.6) is 5.75 Å². The van der Waals surface area contributed by atoms with E-state index in [1.165, 1.54) is 13.2 Å². The minimum atomic E-state index is -0.406. The number of halogens is 2. The van der Waals surface area contributed by atoms with Gasteiger partial charge in [0.1, 0.15) is 24.8 Å². The molecular weight excluding hydrogens is 307 g/mol. The van der Waals surface area contributed by atoms with Gasteiger partial charge in [-0.1, -0.05) is 17.7 Å². The van der Waals surface area contributed by atoms with Gasteiger partial charge in [0.15, 0.2) is 5.78 Å². The Morgan fingerprint density at radius 3 is 2.68 bits per heavy atom. The predicted molar refractivity (Wildman–Crippen MR) is 83.1 cm³/mol. The van der Waals surface area contributed by atoms with Gasteiger partial charge in [-0.25, -0.2) is 4.39 Å². The molecule has 0 spiro atoms. The van der Waals surface area contributed by atoms with E-state index in [1.54, 1.807) is 30.3 Å². The predicted octanol–water partition coefficient (Wildman–Crippen LogP) is 4.20. The molecule has 0 atom stereocenters. The van der Waals surface area contributed by atoms with Gasteiger partial charge < -0.3 is 9.47 Å². The first-order valence-corrected chi connectivity index (χ1v) is 7.09. The van der Waals surface area contributed by atoms with Crippen molar-refractivity contribution in [2.24, 2.45) is 0 Å². The Balaban J connectivity index is 2.12. The van der Waals surface area contributed by atoms with E-state index in [0.717, 1.165) is 5.56 Å². The standard InChI is InChI=1S/C17H16ClFO3/c1-11-8-12(16(20)10-21-2)6-7-17(11)22-9-13-14(18)4-3-5-15(13)19/h3-8H,9-10H2,1-2H3. The molecule has 0 bridgehead atoms. The van der Waals surface area contributed by atoms with E-state index in [-0.39, 0.29) is 19.0 Å². The summed E-state index contributed by atoms with van der Waals surface area (Å²) in [6, 6.07) is 9.56. The zero-order valence-corrected chi connectivity index (χ0v) is 13.1. The molecule has 0 saturated heterocycles. The minimum absolute atomic E-state index is 0.0255. The number of Topliss-reactive ketones (excluding diaryl/α,β-unsaturated/α-hetero) is 1. The summed E-state index contributed by atoms with van der Waals surface area (Å²) in [5.74, 6) is 0.0691. The second-order valence-corrected chi connectivity index (χ2v) is 5.23. The van der Waals surface area contributed by atoms with Crippen molar-refractivity contribution in [1.29, 1.82) is 0 Å². The zero-order valence-electron chi connectivity index (χ0n) is 12.4. The third-order valence-corrected chi connectivity index (χ3v) is 3.56. The fourth-order valence-corrected chi connectivity index (χ4v) is 2.24. The summed E-state index contributed by atoms with van der Waals surface area (Å²) >= 11 is 5.96. The second-order valence-electron chi connectivity index (χ2n) is 4.83. The van der Waals surface area contributed by atoms with Crippen molar-refractivity contribution >= 4 is 17.4 Å². The van der Waals surface area contributed by atoms with Crippen LogP contribution in [0.2, 0.25) is 5.02 Å². The monoisotopic (exact) mass is 322 g/mol. The maximum absolute atomic E-state index is 13.7. The molecule has 116 valence electrons. The molecule has 0 saturated carbocycles. The number of hydrogen-bond acceptors (Lipinski definition) is 3. The van der Waals surface area contributed by atoms with Crippen LogP contribution in [0.25, 0.3) is 0 Å². The van der Waals surface area contributed by atoms with E-state index in [1.807, 2.05) is 6.92 Å². The summed E-state index contributed by atoms with van der Waals surface area (Å²) in [7, 11) is 1.47. The summed E-state index contributed by atoms with van der Waals surface area (Å²) in [5, 5.41) is 0.324. The molecule has 0 amide bonds. The topological polar surface area (TPSA) is 35.5 Å².